The number of halogens is 3. The maximum Gasteiger partial charge on any atom is 0.417 e. The number of hydrogen-bond acceptors (Lipinski definition) is 2. The summed E-state index contributed by atoms with van der Waals surface area (Å²) in [5, 5.41) is 2.67. The van der Waals surface area contributed by atoms with Gasteiger partial charge in [-0.15, -0.1) is 0 Å². The number of likely N-dealkylation sites (tertiary alicyclic amines) is 1. The third-order valence-electron chi connectivity index (χ3n) is 3.73. The molecule has 0 bridgehead atoms. The van der Waals surface area contributed by atoms with Crippen LogP contribution in [0.15, 0.2) is 36.4 Å². The van der Waals surface area contributed by atoms with E-state index in [0.29, 0.717) is 6.08 Å². The molecule has 0 radical (unpaired) electrons. The lowest BCUT2D eigenvalue weighted by Crippen LogP contribution is -2.43. The van der Waals surface area contributed by atoms with E-state index in [2.05, 4.69) is 10.2 Å². The Hall–Kier alpha value is -1.82. The second-order valence-electron chi connectivity index (χ2n) is 5.51. The molecular weight excluding hydrogens is 293 g/mol. The average Bonchev–Trinajstić information content (AvgIpc) is 2.47. The van der Waals surface area contributed by atoms with E-state index in [9.17, 15) is 18.0 Å². The van der Waals surface area contributed by atoms with Crippen LogP contribution in [0.4, 0.5) is 13.2 Å². The maximum absolute atomic E-state index is 13.1. The third kappa shape index (κ3) is 4.59. The molecule has 120 valence electrons. The van der Waals surface area contributed by atoms with Gasteiger partial charge in [0.2, 0.25) is 5.91 Å². The van der Waals surface area contributed by atoms with Gasteiger partial charge in [-0.3, -0.25) is 4.79 Å². The van der Waals surface area contributed by atoms with E-state index >= 15 is 0 Å². The van der Waals surface area contributed by atoms with Crippen LogP contribution >= 0.6 is 0 Å². The number of nitrogens with one attached hydrogen (secondary N) is 1. The predicted octanol–water partition coefficient (Wildman–Crippen LogP) is 2.84. The van der Waals surface area contributed by atoms with Crippen molar-refractivity contribution in [2.45, 2.75) is 25.1 Å². The van der Waals surface area contributed by atoms with Crippen molar-refractivity contribution in [3.63, 3.8) is 0 Å². The summed E-state index contributed by atoms with van der Waals surface area (Å²) in [6.45, 7) is 1.67. The summed E-state index contributed by atoms with van der Waals surface area (Å²) >= 11 is 0. The van der Waals surface area contributed by atoms with Crippen LogP contribution in [0.2, 0.25) is 0 Å². The number of allylic oxidation sites excluding steroid dienone is 1. The van der Waals surface area contributed by atoms with Gasteiger partial charge < -0.3 is 10.2 Å². The Bertz CT molecular complexity index is 532. The van der Waals surface area contributed by atoms with E-state index in [0.717, 1.165) is 25.9 Å². The molecule has 22 heavy (non-hydrogen) atoms. The summed E-state index contributed by atoms with van der Waals surface area (Å²) in [7, 11) is 1.98. The molecule has 0 spiro atoms. The molecule has 6 heteroatoms. The molecule has 1 aromatic rings. The molecule has 1 fully saturated rings. The van der Waals surface area contributed by atoms with Crippen LogP contribution in [0.5, 0.6) is 0 Å². The van der Waals surface area contributed by atoms with Crippen LogP contribution in [-0.2, 0) is 4.79 Å². The number of carbonyl (C=O) groups excluding carboxylic acids is 1. The maximum atomic E-state index is 13.1. The Balaban J connectivity index is 2.10. The summed E-state index contributed by atoms with van der Waals surface area (Å²) < 4.78 is 39.4. The van der Waals surface area contributed by atoms with Crippen molar-refractivity contribution in [3.05, 3.63) is 42.0 Å². The van der Waals surface area contributed by atoms with E-state index in [-0.39, 0.29) is 11.6 Å². The molecule has 0 aliphatic carbocycles. The molecule has 2 rings (SSSR count). The van der Waals surface area contributed by atoms with Crippen LogP contribution in [-0.4, -0.2) is 43.2 Å². The Kier molecular flexibility index (Phi) is 5.24. The van der Waals surface area contributed by atoms with Crippen molar-refractivity contribution in [2.24, 2.45) is 0 Å². The first-order chi connectivity index (χ1) is 10.4. The standard InChI is InChI=1S/C16H19F3N2O/c1-21-9-7-13(8-10-21)20-15(22)11-14(16(17,18)19)12-5-3-2-4-6-12/h2-6,11,13H,7-10H2,1H3,(H,20,22)/b14-11-. The van der Waals surface area contributed by atoms with Gasteiger partial charge in [-0.1, -0.05) is 30.3 Å². The van der Waals surface area contributed by atoms with Crippen LogP contribution in [0.3, 0.4) is 0 Å². The highest BCUT2D eigenvalue weighted by molar-refractivity contribution is 5.96. The molecule has 0 atom stereocenters. The number of hydrogen-bond donors (Lipinski definition) is 1. The fourth-order valence-corrected chi connectivity index (χ4v) is 2.47. The molecule has 0 aromatic heterocycles. The smallest absolute Gasteiger partial charge is 0.350 e. The third-order valence-corrected chi connectivity index (χ3v) is 3.73. The van der Waals surface area contributed by atoms with Gasteiger partial charge in [0.25, 0.3) is 0 Å². The van der Waals surface area contributed by atoms with Gasteiger partial charge in [0, 0.05) is 12.1 Å². The Morgan fingerprint density at radius 3 is 2.36 bits per heavy atom. The molecule has 3 nitrogen and oxygen atoms in total. The molecule has 1 amide bonds. The number of nitrogens with zero attached hydrogens (tertiary/aromatic N) is 1. The van der Waals surface area contributed by atoms with Gasteiger partial charge >= 0.3 is 6.18 Å². The monoisotopic (exact) mass is 312 g/mol. The molecule has 1 heterocycles. The van der Waals surface area contributed by atoms with Crippen LogP contribution < -0.4 is 5.32 Å². The van der Waals surface area contributed by atoms with Crippen LogP contribution in [0.1, 0.15) is 18.4 Å². The van der Waals surface area contributed by atoms with Crippen molar-refractivity contribution < 1.29 is 18.0 Å². The largest absolute Gasteiger partial charge is 0.417 e. The van der Waals surface area contributed by atoms with E-state index < -0.39 is 17.7 Å². The summed E-state index contributed by atoms with van der Waals surface area (Å²) in [4.78, 5) is 14.1. The second kappa shape index (κ2) is 6.96. The SMILES string of the molecule is CN1CCC(NC(=O)/C=C(/c2ccccc2)C(F)(F)F)CC1. The van der Waals surface area contributed by atoms with Crippen molar-refractivity contribution >= 4 is 11.5 Å². The molecule has 0 unspecified atom stereocenters. The van der Waals surface area contributed by atoms with E-state index in [1.807, 2.05) is 7.05 Å². The van der Waals surface area contributed by atoms with Crippen molar-refractivity contribution in [1.29, 1.82) is 0 Å². The zero-order valence-electron chi connectivity index (χ0n) is 12.4. The lowest BCUT2D eigenvalue weighted by atomic mass is 10.0. The van der Waals surface area contributed by atoms with Crippen LogP contribution in [0, 0.1) is 0 Å². The number of rotatable bonds is 3. The minimum atomic E-state index is -4.56. The topological polar surface area (TPSA) is 32.3 Å². The molecular formula is C16H19F3N2O. The first-order valence-electron chi connectivity index (χ1n) is 7.19. The van der Waals surface area contributed by atoms with Gasteiger partial charge in [0.15, 0.2) is 0 Å². The molecule has 1 aromatic carbocycles. The van der Waals surface area contributed by atoms with Crippen molar-refractivity contribution in [1.82, 2.24) is 10.2 Å². The fourth-order valence-electron chi connectivity index (χ4n) is 2.47. The molecule has 1 aliphatic heterocycles. The zero-order valence-corrected chi connectivity index (χ0v) is 12.4. The molecule has 1 aliphatic rings. The highest BCUT2D eigenvalue weighted by atomic mass is 19.4. The first kappa shape index (κ1) is 16.5. The number of benzene rings is 1. The Morgan fingerprint density at radius 2 is 1.82 bits per heavy atom. The predicted molar refractivity (Wildman–Crippen MR) is 79.1 cm³/mol. The Labute approximate surface area is 127 Å². The van der Waals surface area contributed by atoms with Gasteiger partial charge in [0.05, 0.1) is 5.57 Å². The number of alkyl halides is 3. The highest BCUT2D eigenvalue weighted by Gasteiger charge is 2.35. The second-order valence-corrected chi connectivity index (χ2v) is 5.51. The van der Waals surface area contributed by atoms with Crippen molar-refractivity contribution in [2.75, 3.05) is 20.1 Å². The Morgan fingerprint density at radius 1 is 1.23 bits per heavy atom. The minimum absolute atomic E-state index is 0.00599. The van der Waals surface area contributed by atoms with E-state index in [1.165, 1.54) is 24.3 Å². The van der Waals surface area contributed by atoms with Gasteiger partial charge in [-0.2, -0.15) is 13.2 Å². The minimum Gasteiger partial charge on any atom is -0.350 e. The van der Waals surface area contributed by atoms with Gasteiger partial charge in [0.1, 0.15) is 0 Å². The van der Waals surface area contributed by atoms with Gasteiger partial charge in [-0.25, -0.2) is 0 Å². The first-order valence-corrected chi connectivity index (χ1v) is 7.19. The lowest BCUT2D eigenvalue weighted by Gasteiger charge is -2.29. The zero-order chi connectivity index (χ0) is 16.2. The highest BCUT2D eigenvalue weighted by Crippen LogP contribution is 2.33. The molecule has 1 saturated heterocycles. The number of amides is 1. The van der Waals surface area contributed by atoms with Gasteiger partial charge in [-0.05, 0) is 38.5 Å². The quantitative estimate of drug-likeness (QED) is 0.871. The molecule has 0 saturated carbocycles. The summed E-state index contributed by atoms with van der Waals surface area (Å²) in [6.07, 6.45) is -2.40. The number of piperidine rings is 1. The lowest BCUT2D eigenvalue weighted by molar-refractivity contribution is -0.117. The van der Waals surface area contributed by atoms with E-state index in [1.54, 1.807) is 6.07 Å². The summed E-state index contributed by atoms with van der Waals surface area (Å²) in [5.74, 6) is -0.689. The number of carbonyl (C=O) groups is 1. The van der Waals surface area contributed by atoms with Crippen molar-refractivity contribution in [3.8, 4) is 0 Å². The normalized spacial score (nSPS) is 18.3. The summed E-state index contributed by atoms with van der Waals surface area (Å²) in [5.41, 5.74) is -0.924. The van der Waals surface area contributed by atoms with E-state index in [4.69, 9.17) is 0 Å². The summed E-state index contributed by atoms with van der Waals surface area (Å²) in [6, 6.07) is 7.30. The molecule has 1 N–H and O–H groups in total. The average molecular weight is 312 g/mol. The fraction of sp³-hybridized carbons (Fsp3) is 0.438. The van der Waals surface area contributed by atoms with Crippen LogP contribution in [0.25, 0.3) is 5.57 Å².